The van der Waals surface area contributed by atoms with Crippen LogP contribution in [-0.4, -0.2) is 25.1 Å². The Hall–Kier alpha value is -1.20. The molecule has 0 amide bonds. The van der Waals surface area contributed by atoms with Gasteiger partial charge in [-0.3, -0.25) is 9.78 Å². The molecule has 0 bridgehead atoms. The summed E-state index contributed by atoms with van der Waals surface area (Å²) in [5.41, 5.74) is 1.66. The summed E-state index contributed by atoms with van der Waals surface area (Å²) >= 11 is 0. The third kappa shape index (κ3) is 5.42. The monoisotopic (exact) mass is 294 g/mol. The van der Waals surface area contributed by atoms with Gasteiger partial charge in [0.25, 0.3) is 0 Å². The molecule has 111 valence electrons. The van der Waals surface area contributed by atoms with Gasteiger partial charge in [-0.1, -0.05) is 26.8 Å². The molecule has 1 radical (unpaired) electrons. The van der Waals surface area contributed by atoms with Crippen LogP contribution >= 0.6 is 0 Å². The molecule has 0 saturated carbocycles. The van der Waals surface area contributed by atoms with E-state index in [1.807, 2.05) is 18.2 Å². The summed E-state index contributed by atoms with van der Waals surface area (Å²) in [6.45, 7) is 10.6. The highest BCUT2D eigenvalue weighted by molar-refractivity contribution is 6.48. The molecule has 1 unspecified atom stereocenters. The lowest BCUT2D eigenvalue weighted by Gasteiger charge is -2.32. The van der Waals surface area contributed by atoms with Gasteiger partial charge in [0.1, 0.15) is 0 Å². The van der Waals surface area contributed by atoms with E-state index in [2.05, 4.69) is 38.8 Å². The van der Waals surface area contributed by atoms with Crippen LogP contribution in [-0.2, 0) is 15.6 Å². The number of pyridine rings is 1. The van der Waals surface area contributed by atoms with E-state index < -0.39 is 15.0 Å². The summed E-state index contributed by atoms with van der Waals surface area (Å²) < 4.78 is 6.10. The third-order valence-electron chi connectivity index (χ3n) is 2.83. The van der Waals surface area contributed by atoms with Gasteiger partial charge in [-0.15, -0.1) is 0 Å². The lowest BCUT2D eigenvalue weighted by molar-refractivity contribution is -0.136. The Morgan fingerprint density at radius 3 is 2.55 bits per heavy atom. The second kappa shape index (κ2) is 6.99. The number of carbonyl (C=O) groups is 1. The van der Waals surface area contributed by atoms with Gasteiger partial charge in [-0.2, -0.15) is 0 Å². The van der Waals surface area contributed by atoms with Crippen LogP contribution in [0.5, 0.6) is 0 Å². The fourth-order valence-corrected chi connectivity index (χ4v) is 2.88. The van der Waals surface area contributed by atoms with Crippen molar-refractivity contribution in [2.24, 2.45) is 5.41 Å². The van der Waals surface area contributed by atoms with Crippen LogP contribution in [0.25, 0.3) is 0 Å². The predicted molar refractivity (Wildman–Crippen MR) is 81.0 cm³/mol. The molecule has 1 aromatic heterocycles. The highest BCUT2D eigenvalue weighted by atomic mass is 28.3. The Morgan fingerprint density at radius 1 is 1.40 bits per heavy atom. The molecule has 0 saturated heterocycles. The SMILES string of the molecule is C[Si](C)OC(c1cccc(CCC(=O)O)n1)C(C)(C)C. The maximum Gasteiger partial charge on any atom is 0.303 e. The molecule has 1 N–H and O–H groups in total. The molecule has 1 heterocycles. The Labute approximate surface area is 122 Å². The zero-order chi connectivity index (χ0) is 15.3. The van der Waals surface area contributed by atoms with Crippen LogP contribution in [0.15, 0.2) is 18.2 Å². The summed E-state index contributed by atoms with van der Waals surface area (Å²) in [5, 5.41) is 8.75. The van der Waals surface area contributed by atoms with Crippen LogP contribution < -0.4 is 0 Å². The Morgan fingerprint density at radius 2 is 2.05 bits per heavy atom. The number of aryl methyl sites for hydroxylation is 1. The lowest BCUT2D eigenvalue weighted by Crippen LogP contribution is -2.26. The topological polar surface area (TPSA) is 59.4 Å². The molecule has 0 spiro atoms. The highest BCUT2D eigenvalue weighted by Gasteiger charge is 2.29. The van der Waals surface area contributed by atoms with E-state index >= 15 is 0 Å². The first-order valence-corrected chi connectivity index (χ1v) is 9.25. The minimum Gasteiger partial charge on any atom is -0.481 e. The average Bonchev–Trinajstić information content (AvgIpc) is 2.32. The number of hydrogen-bond acceptors (Lipinski definition) is 3. The van der Waals surface area contributed by atoms with Crippen molar-refractivity contribution in [2.45, 2.75) is 52.8 Å². The standard InChI is InChI=1S/C15H24NO3Si/c1-15(2,3)14(19-20(4)5)12-8-6-7-11(16-12)9-10-13(17)18/h6-8,14H,9-10H2,1-5H3,(H,17,18). The summed E-state index contributed by atoms with van der Waals surface area (Å²) in [5.74, 6) is -0.798. The number of carboxylic acid groups (broad SMARTS) is 1. The van der Waals surface area contributed by atoms with Crippen molar-refractivity contribution in [3.05, 3.63) is 29.6 Å². The number of aromatic nitrogens is 1. The minimum absolute atomic E-state index is 0.0413. The predicted octanol–water partition coefficient (Wildman–Crippen LogP) is 3.45. The Bertz CT molecular complexity index is 455. The van der Waals surface area contributed by atoms with Gasteiger partial charge in [0.2, 0.25) is 9.04 Å². The zero-order valence-electron chi connectivity index (χ0n) is 12.9. The van der Waals surface area contributed by atoms with Crippen molar-refractivity contribution in [3.8, 4) is 0 Å². The van der Waals surface area contributed by atoms with Crippen LogP contribution in [0.1, 0.15) is 44.7 Å². The molecule has 1 rings (SSSR count). The Kier molecular flexibility index (Phi) is 5.89. The Balaban J connectivity index is 2.96. The minimum atomic E-state index is -0.835. The summed E-state index contributed by atoms with van der Waals surface area (Å²) in [4.78, 5) is 15.2. The molecular weight excluding hydrogens is 270 g/mol. The second-order valence-electron chi connectivity index (χ2n) is 6.22. The number of aliphatic carboxylic acids is 1. The van der Waals surface area contributed by atoms with Crippen molar-refractivity contribution < 1.29 is 14.3 Å². The largest absolute Gasteiger partial charge is 0.481 e. The van der Waals surface area contributed by atoms with Crippen LogP contribution in [0, 0.1) is 5.41 Å². The summed E-state index contributed by atoms with van der Waals surface area (Å²) in [6, 6.07) is 5.76. The second-order valence-corrected chi connectivity index (χ2v) is 8.27. The van der Waals surface area contributed by atoms with E-state index in [-0.39, 0.29) is 17.9 Å². The van der Waals surface area contributed by atoms with Crippen LogP contribution in [0.2, 0.25) is 13.1 Å². The van der Waals surface area contributed by atoms with Gasteiger partial charge in [-0.25, -0.2) is 0 Å². The van der Waals surface area contributed by atoms with Gasteiger partial charge in [0, 0.05) is 12.1 Å². The molecule has 1 atom stereocenters. The van der Waals surface area contributed by atoms with E-state index in [1.165, 1.54) is 0 Å². The third-order valence-corrected chi connectivity index (χ3v) is 3.54. The van der Waals surface area contributed by atoms with Gasteiger partial charge < -0.3 is 9.53 Å². The molecule has 0 fully saturated rings. The van der Waals surface area contributed by atoms with Crippen molar-refractivity contribution in [1.82, 2.24) is 4.98 Å². The van der Waals surface area contributed by atoms with E-state index in [9.17, 15) is 4.79 Å². The number of carboxylic acids is 1. The number of rotatable bonds is 6. The van der Waals surface area contributed by atoms with E-state index in [1.54, 1.807) is 0 Å². The van der Waals surface area contributed by atoms with E-state index in [0.717, 1.165) is 11.4 Å². The van der Waals surface area contributed by atoms with Crippen molar-refractivity contribution >= 4 is 15.0 Å². The quantitative estimate of drug-likeness (QED) is 0.816. The maximum atomic E-state index is 10.6. The number of hydrogen-bond donors (Lipinski definition) is 1. The van der Waals surface area contributed by atoms with Gasteiger partial charge in [-0.05, 0) is 30.6 Å². The first kappa shape index (κ1) is 16.9. The van der Waals surface area contributed by atoms with E-state index in [0.29, 0.717) is 6.42 Å². The molecule has 4 nitrogen and oxygen atoms in total. The highest BCUT2D eigenvalue weighted by Crippen LogP contribution is 2.35. The zero-order valence-corrected chi connectivity index (χ0v) is 13.9. The van der Waals surface area contributed by atoms with Crippen molar-refractivity contribution in [1.29, 1.82) is 0 Å². The van der Waals surface area contributed by atoms with Gasteiger partial charge >= 0.3 is 5.97 Å². The normalized spacial score (nSPS) is 13.5. The van der Waals surface area contributed by atoms with E-state index in [4.69, 9.17) is 9.53 Å². The average molecular weight is 294 g/mol. The van der Waals surface area contributed by atoms with Crippen LogP contribution in [0.4, 0.5) is 0 Å². The lowest BCUT2D eigenvalue weighted by atomic mass is 9.87. The number of nitrogens with zero attached hydrogens (tertiary/aromatic N) is 1. The summed E-state index contributed by atoms with van der Waals surface area (Å²) in [7, 11) is -0.835. The first-order valence-electron chi connectivity index (χ1n) is 6.84. The molecular formula is C15H24NO3Si. The molecule has 0 aromatic carbocycles. The summed E-state index contributed by atoms with van der Waals surface area (Å²) in [6.07, 6.45) is 0.501. The van der Waals surface area contributed by atoms with Crippen molar-refractivity contribution in [2.75, 3.05) is 0 Å². The fraction of sp³-hybridized carbons (Fsp3) is 0.600. The van der Waals surface area contributed by atoms with Crippen molar-refractivity contribution in [3.63, 3.8) is 0 Å². The molecule has 0 aliphatic heterocycles. The fourth-order valence-electron chi connectivity index (χ4n) is 1.93. The first-order chi connectivity index (χ1) is 9.20. The van der Waals surface area contributed by atoms with Gasteiger partial charge in [0.05, 0.1) is 18.2 Å². The van der Waals surface area contributed by atoms with Crippen LogP contribution in [0.3, 0.4) is 0 Å². The maximum absolute atomic E-state index is 10.6. The molecule has 5 heteroatoms. The smallest absolute Gasteiger partial charge is 0.303 e. The molecule has 20 heavy (non-hydrogen) atoms. The van der Waals surface area contributed by atoms with Gasteiger partial charge in [0.15, 0.2) is 0 Å². The molecule has 1 aromatic rings. The molecule has 0 aliphatic rings. The molecule has 0 aliphatic carbocycles.